The molecular weight excluding hydrogens is 184 g/mol. The molecule has 2 N–H and O–H groups in total. The van der Waals surface area contributed by atoms with E-state index in [4.69, 9.17) is 5.73 Å². The molecule has 0 saturated heterocycles. The lowest BCUT2D eigenvalue weighted by atomic mass is 9.72. The van der Waals surface area contributed by atoms with Gasteiger partial charge in [-0.1, -0.05) is 12.1 Å². The van der Waals surface area contributed by atoms with E-state index in [1.54, 1.807) is 0 Å². The Morgan fingerprint density at radius 2 is 2.07 bits per heavy atom. The number of benzene rings is 1. The van der Waals surface area contributed by atoms with Gasteiger partial charge in [-0.15, -0.1) is 0 Å². The molecule has 0 radical (unpaired) electrons. The van der Waals surface area contributed by atoms with Crippen molar-refractivity contribution >= 4 is 10.9 Å². The van der Waals surface area contributed by atoms with E-state index in [1.807, 2.05) is 12.3 Å². The summed E-state index contributed by atoms with van der Waals surface area (Å²) in [5.41, 5.74) is 8.53. The summed E-state index contributed by atoms with van der Waals surface area (Å²) in [6.07, 6.45) is 5.29. The van der Waals surface area contributed by atoms with Crippen LogP contribution in [0, 0.1) is 0 Å². The van der Waals surface area contributed by atoms with E-state index in [9.17, 15) is 0 Å². The molecule has 3 rings (SSSR count). The van der Waals surface area contributed by atoms with Crippen molar-refractivity contribution in [2.45, 2.75) is 24.8 Å². The van der Waals surface area contributed by atoms with Gasteiger partial charge < -0.3 is 5.73 Å². The molecule has 0 unspecified atom stereocenters. The lowest BCUT2D eigenvalue weighted by Crippen LogP contribution is -2.43. The van der Waals surface area contributed by atoms with E-state index in [2.05, 4.69) is 29.2 Å². The summed E-state index contributed by atoms with van der Waals surface area (Å²) in [5, 5.41) is 1.19. The Bertz CT molecular complexity index is 501. The highest BCUT2D eigenvalue weighted by atomic mass is 14.8. The molecule has 0 amide bonds. The van der Waals surface area contributed by atoms with E-state index < -0.39 is 0 Å². The van der Waals surface area contributed by atoms with Gasteiger partial charge in [0.2, 0.25) is 0 Å². The van der Waals surface area contributed by atoms with Gasteiger partial charge in [0.1, 0.15) is 0 Å². The van der Waals surface area contributed by atoms with Crippen molar-refractivity contribution in [3.8, 4) is 0 Å². The summed E-state index contributed by atoms with van der Waals surface area (Å²) in [5.74, 6) is 0. The second kappa shape index (κ2) is 3.04. The zero-order valence-electron chi connectivity index (χ0n) is 8.61. The van der Waals surface area contributed by atoms with Crippen molar-refractivity contribution in [3.05, 3.63) is 42.1 Å². The molecule has 0 aliphatic heterocycles. The number of aromatic nitrogens is 1. The molecular formula is C13H14N2. The summed E-state index contributed by atoms with van der Waals surface area (Å²) >= 11 is 0. The average Bonchev–Trinajstić information content (AvgIpc) is 2.25. The van der Waals surface area contributed by atoms with Crippen LogP contribution >= 0.6 is 0 Å². The van der Waals surface area contributed by atoms with Gasteiger partial charge in [-0.3, -0.25) is 4.98 Å². The molecule has 1 heterocycles. The lowest BCUT2D eigenvalue weighted by Gasteiger charge is -2.38. The second-order valence-corrected chi connectivity index (χ2v) is 4.42. The van der Waals surface area contributed by atoms with Crippen molar-refractivity contribution in [2.75, 3.05) is 0 Å². The van der Waals surface area contributed by atoms with Crippen LogP contribution in [0.3, 0.4) is 0 Å². The maximum Gasteiger partial charge on any atom is 0.0702 e. The normalized spacial score (nSPS) is 18.7. The predicted molar refractivity (Wildman–Crippen MR) is 61.5 cm³/mol. The van der Waals surface area contributed by atoms with Crippen molar-refractivity contribution in [2.24, 2.45) is 5.73 Å². The van der Waals surface area contributed by atoms with E-state index in [-0.39, 0.29) is 5.54 Å². The van der Waals surface area contributed by atoms with Gasteiger partial charge in [0.05, 0.1) is 5.52 Å². The maximum absolute atomic E-state index is 6.29. The van der Waals surface area contributed by atoms with Crippen molar-refractivity contribution in [3.63, 3.8) is 0 Å². The van der Waals surface area contributed by atoms with Crippen molar-refractivity contribution in [1.29, 1.82) is 0 Å². The first-order chi connectivity index (χ1) is 7.28. The molecule has 1 fully saturated rings. The monoisotopic (exact) mass is 198 g/mol. The van der Waals surface area contributed by atoms with Gasteiger partial charge in [0, 0.05) is 17.1 Å². The lowest BCUT2D eigenvalue weighted by molar-refractivity contribution is 0.254. The summed E-state index contributed by atoms with van der Waals surface area (Å²) in [7, 11) is 0. The first-order valence-electron chi connectivity index (χ1n) is 5.42. The van der Waals surface area contributed by atoms with Crippen LogP contribution < -0.4 is 5.73 Å². The number of hydrogen-bond acceptors (Lipinski definition) is 2. The largest absolute Gasteiger partial charge is 0.321 e. The fourth-order valence-electron chi connectivity index (χ4n) is 2.23. The number of fused-ring (bicyclic) bond motifs is 1. The van der Waals surface area contributed by atoms with E-state index in [0.29, 0.717) is 0 Å². The van der Waals surface area contributed by atoms with Gasteiger partial charge in [-0.25, -0.2) is 0 Å². The molecule has 2 aromatic rings. The number of rotatable bonds is 1. The summed E-state index contributed by atoms with van der Waals surface area (Å²) in [6, 6.07) is 10.4. The SMILES string of the molecule is NC1(c2ccc3ncccc3c2)CCC1. The molecule has 1 aliphatic rings. The standard InChI is InChI=1S/C13H14N2/c14-13(6-2-7-13)11-4-5-12-10(9-11)3-1-8-15-12/h1,3-5,8-9H,2,6-7,14H2. The van der Waals surface area contributed by atoms with Crippen LogP contribution in [-0.2, 0) is 5.54 Å². The highest BCUT2D eigenvalue weighted by Gasteiger charge is 2.34. The fraction of sp³-hybridized carbons (Fsp3) is 0.308. The minimum absolute atomic E-state index is 0.0654. The number of nitrogens with zero attached hydrogens (tertiary/aromatic N) is 1. The number of pyridine rings is 1. The Labute approximate surface area is 89.1 Å². The highest BCUT2D eigenvalue weighted by Crippen LogP contribution is 2.39. The second-order valence-electron chi connectivity index (χ2n) is 4.42. The molecule has 1 saturated carbocycles. The van der Waals surface area contributed by atoms with Crippen LogP contribution in [0.5, 0.6) is 0 Å². The maximum atomic E-state index is 6.29. The zero-order chi connectivity index (χ0) is 10.3. The van der Waals surface area contributed by atoms with Crippen molar-refractivity contribution < 1.29 is 0 Å². The molecule has 1 aliphatic carbocycles. The highest BCUT2D eigenvalue weighted by molar-refractivity contribution is 5.79. The van der Waals surface area contributed by atoms with E-state index in [1.165, 1.54) is 17.4 Å². The van der Waals surface area contributed by atoms with Gasteiger partial charge in [0.15, 0.2) is 0 Å². The van der Waals surface area contributed by atoms with Crippen LogP contribution in [0.15, 0.2) is 36.5 Å². The predicted octanol–water partition coefficient (Wildman–Crippen LogP) is 2.57. The quantitative estimate of drug-likeness (QED) is 0.764. The van der Waals surface area contributed by atoms with E-state index in [0.717, 1.165) is 18.4 Å². The Morgan fingerprint density at radius 1 is 1.20 bits per heavy atom. The van der Waals surface area contributed by atoms with Crippen LogP contribution in [0.25, 0.3) is 10.9 Å². The Morgan fingerprint density at radius 3 is 2.80 bits per heavy atom. The van der Waals surface area contributed by atoms with Crippen LogP contribution in [0.1, 0.15) is 24.8 Å². The summed E-state index contributed by atoms with van der Waals surface area (Å²) < 4.78 is 0. The minimum atomic E-state index is -0.0654. The Balaban J connectivity index is 2.14. The number of hydrogen-bond donors (Lipinski definition) is 1. The minimum Gasteiger partial charge on any atom is -0.321 e. The average molecular weight is 198 g/mol. The topological polar surface area (TPSA) is 38.9 Å². The third kappa shape index (κ3) is 1.33. The molecule has 0 bridgehead atoms. The Kier molecular flexibility index (Phi) is 1.80. The van der Waals surface area contributed by atoms with Gasteiger partial charge in [-0.05, 0) is 43.0 Å². The summed E-state index contributed by atoms with van der Waals surface area (Å²) in [6.45, 7) is 0. The number of nitrogens with two attached hydrogens (primary N) is 1. The van der Waals surface area contributed by atoms with Crippen LogP contribution in [0.4, 0.5) is 0 Å². The van der Waals surface area contributed by atoms with Gasteiger partial charge in [-0.2, -0.15) is 0 Å². The van der Waals surface area contributed by atoms with E-state index >= 15 is 0 Å². The van der Waals surface area contributed by atoms with Gasteiger partial charge in [0.25, 0.3) is 0 Å². The Hall–Kier alpha value is -1.41. The summed E-state index contributed by atoms with van der Waals surface area (Å²) in [4.78, 5) is 4.31. The molecule has 1 aromatic heterocycles. The molecule has 2 heteroatoms. The third-order valence-electron chi connectivity index (χ3n) is 3.42. The molecule has 15 heavy (non-hydrogen) atoms. The van der Waals surface area contributed by atoms with Gasteiger partial charge >= 0.3 is 0 Å². The third-order valence-corrected chi connectivity index (χ3v) is 3.42. The molecule has 76 valence electrons. The molecule has 1 aromatic carbocycles. The fourth-order valence-corrected chi connectivity index (χ4v) is 2.23. The first kappa shape index (κ1) is 8.86. The smallest absolute Gasteiger partial charge is 0.0702 e. The van der Waals surface area contributed by atoms with Crippen molar-refractivity contribution in [1.82, 2.24) is 4.98 Å². The van der Waals surface area contributed by atoms with Crippen LogP contribution in [-0.4, -0.2) is 4.98 Å². The first-order valence-corrected chi connectivity index (χ1v) is 5.42. The molecule has 2 nitrogen and oxygen atoms in total. The zero-order valence-corrected chi connectivity index (χ0v) is 8.61. The molecule has 0 atom stereocenters. The van der Waals surface area contributed by atoms with Crippen LogP contribution in [0.2, 0.25) is 0 Å². The molecule has 0 spiro atoms.